The fourth-order valence-electron chi connectivity index (χ4n) is 0.533. The number of ketones is 4. The van der Waals surface area contributed by atoms with E-state index in [1.54, 1.807) is 0 Å². The van der Waals surface area contributed by atoms with E-state index in [-0.39, 0.29) is 29.9 Å². The Morgan fingerprint density at radius 3 is 0.905 bits per heavy atom. The largest absolute Gasteiger partial charge is 2.00 e. The molecule has 0 amide bonds. The van der Waals surface area contributed by atoms with Crippen molar-refractivity contribution in [3.63, 3.8) is 0 Å². The predicted octanol–water partition coefficient (Wildman–Crippen LogP) is 1.82. The summed E-state index contributed by atoms with van der Waals surface area (Å²) in [6.07, 6.45) is -9.82. The molecule has 0 aliphatic rings. The third-order valence-corrected chi connectivity index (χ3v) is 1.23. The average Bonchev–Trinajstić information content (AvgIpc) is 2.13. The molecule has 0 radical (unpaired) electrons. The third kappa shape index (κ3) is 14.7. The summed E-state index contributed by atoms with van der Waals surface area (Å²) in [6.45, 7) is 1.76. The van der Waals surface area contributed by atoms with E-state index in [0.29, 0.717) is 0 Å². The smallest absolute Gasteiger partial charge is 0.334 e. The molecule has 0 aliphatic heterocycles. The molecular weight excluding hydrogens is 354 g/mol. The molecule has 0 saturated carbocycles. The van der Waals surface area contributed by atoms with Gasteiger partial charge in [0, 0.05) is 11.6 Å². The van der Waals surface area contributed by atoms with Crippen molar-refractivity contribution >= 4 is 23.1 Å². The summed E-state index contributed by atoms with van der Waals surface area (Å²) < 4.78 is 67.7. The Bertz CT molecular complexity index is 361. The van der Waals surface area contributed by atoms with E-state index in [2.05, 4.69) is 0 Å². The van der Waals surface area contributed by atoms with Gasteiger partial charge in [-0.1, -0.05) is 0 Å². The molecule has 11 heteroatoms. The molecular formula is C10H8F6FeO4. The minimum absolute atomic E-state index is 0. The van der Waals surface area contributed by atoms with Gasteiger partial charge in [-0.15, -0.1) is 0 Å². The van der Waals surface area contributed by atoms with Gasteiger partial charge in [-0.05, 0) is 13.8 Å². The number of carbonyl (C=O) groups excluding carboxylic acids is 4. The number of Topliss-reactive ketones (excluding diaryl/α,β-unsaturated/α-hetero) is 4. The molecule has 0 fully saturated rings. The fourth-order valence-corrected chi connectivity index (χ4v) is 0.533. The van der Waals surface area contributed by atoms with Crippen LogP contribution in [0.5, 0.6) is 0 Å². The zero-order valence-corrected chi connectivity index (χ0v) is 11.5. The summed E-state index contributed by atoms with van der Waals surface area (Å²) >= 11 is 0. The number of halogens is 6. The van der Waals surface area contributed by atoms with Gasteiger partial charge in [-0.3, -0.25) is 12.8 Å². The maximum atomic E-state index is 11.3. The molecule has 0 heterocycles. The van der Waals surface area contributed by atoms with E-state index in [1.807, 2.05) is 0 Å². The molecule has 0 aromatic rings. The summed E-state index contributed by atoms with van der Waals surface area (Å²) in [5, 5.41) is 0. The van der Waals surface area contributed by atoms with Crippen LogP contribution in [0.25, 0.3) is 0 Å². The van der Waals surface area contributed by atoms with Gasteiger partial charge in [-0.2, -0.15) is 26.3 Å². The maximum Gasteiger partial charge on any atom is 2.00 e. The van der Waals surface area contributed by atoms with Crippen molar-refractivity contribution in [3.05, 3.63) is 12.8 Å². The summed E-state index contributed by atoms with van der Waals surface area (Å²) in [6, 6.07) is 0. The van der Waals surface area contributed by atoms with Crippen LogP contribution in [0, 0.1) is 12.8 Å². The quantitative estimate of drug-likeness (QED) is 0.331. The first kappa shape index (κ1) is 24.5. The summed E-state index contributed by atoms with van der Waals surface area (Å²) in [5.41, 5.74) is 0. The number of alkyl halides is 6. The molecule has 0 aliphatic carbocycles. The number of hydrogen-bond donors (Lipinski definition) is 0. The zero-order chi connectivity index (χ0) is 16.7. The first-order valence-electron chi connectivity index (χ1n) is 4.61. The minimum atomic E-state index is -4.92. The molecule has 0 aromatic carbocycles. The minimum Gasteiger partial charge on any atom is -0.334 e. The van der Waals surface area contributed by atoms with Gasteiger partial charge >= 0.3 is 29.4 Å². The van der Waals surface area contributed by atoms with Crippen LogP contribution in [0.4, 0.5) is 26.3 Å². The first-order chi connectivity index (χ1) is 8.67. The van der Waals surface area contributed by atoms with Crippen LogP contribution >= 0.6 is 0 Å². The Labute approximate surface area is 125 Å². The van der Waals surface area contributed by atoms with Gasteiger partial charge in [0.25, 0.3) is 0 Å². The molecule has 0 unspecified atom stereocenters. The summed E-state index contributed by atoms with van der Waals surface area (Å²) in [5.74, 6) is -6.02. The molecule has 0 N–H and O–H groups in total. The van der Waals surface area contributed by atoms with Crippen molar-refractivity contribution in [2.75, 3.05) is 0 Å². The van der Waals surface area contributed by atoms with Crippen molar-refractivity contribution in [1.82, 2.24) is 0 Å². The Hall–Kier alpha value is -1.48. The fraction of sp³-hybridized carbons (Fsp3) is 0.400. The Morgan fingerprint density at radius 2 is 0.857 bits per heavy atom. The summed E-state index contributed by atoms with van der Waals surface area (Å²) in [4.78, 5) is 39.6. The van der Waals surface area contributed by atoms with Crippen molar-refractivity contribution in [1.29, 1.82) is 0 Å². The standard InChI is InChI=1S/2C5H4F3O2.Fe/c2*1-3(9)2-4(10)5(6,7)8;/h2*2H,1H3;/q2*-1;+2. The van der Waals surface area contributed by atoms with Crippen LogP contribution in [0.3, 0.4) is 0 Å². The Morgan fingerprint density at radius 1 is 0.667 bits per heavy atom. The van der Waals surface area contributed by atoms with Gasteiger partial charge in [0.15, 0.2) is 0 Å². The molecule has 21 heavy (non-hydrogen) atoms. The van der Waals surface area contributed by atoms with Crippen LogP contribution in [0.2, 0.25) is 0 Å². The molecule has 0 rings (SSSR count). The molecule has 0 aromatic heterocycles. The second-order valence-electron chi connectivity index (χ2n) is 3.23. The third-order valence-electron chi connectivity index (χ3n) is 1.23. The average molecular weight is 362 g/mol. The van der Waals surface area contributed by atoms with E-state index in [4.69, 9.17) is 0 Å². The first-order valence-corrected chi connectivity index (χ1v) is 4.61. The molecule has 0 bridgehead atoms. The number of rotatable bonds is 4. The Kier molecular flexibility index (Phi) is 11.0. The van der Waals surface area contributed by atoms with Gasteiger partial charge < -0.3 is 19.2 Å². The number of hydrogen-bond acceptors (Lipinski definition) is 4. The van der Waals surface area contributed by atoms with Gasteiger partial charge in [-0.25, -0.2) is 0 Å². The van der Waals surface area contributed by atoms with Crippen molar-refractivity contribution in [2.45, 2.75) is 26.2 Å². The molecule has 0 saturated heterocycles. The molecule has 0 atom stereocenters. The molecule has 4 nitrogen and oxygen atoms in total. The van der Waals surface area contributed by atoms with Gasteiger partial charge in [0.05, 0.1) is 0 Å². The summed E-state index contributed by atoms with van der Waals surface area (Å²) in [7, 11) is 0. The van der Waals surface area contributed by atoms with Gasteiger partial charge in [0.2, 0.25) is 0 Å². The van der Waals surface area contributed by atoms with Crippen LogP contribution in [0.15, 0.2) is 0 Å². The van der Waals surface area contributed by atoms with E-state index in [9.17, 15) is 45.5 Å². The predicted molar refractivity (Wildman–Crippen MR) is 52.1 cm³/mol. The van der Waals surface area contributed by atoms with E-state index in [0.717, 1.165) is 13.8 Å². The van der Waals surface area contributed by atoms with Crippen molar-refractivity contribution in [3.8, 4) is 0 Å². The van der Waals surface area contributed by atoms with Crippen LogP contribution in [-0.2, 0) is 36.2 Å². The topological polar surface area (TPSA) is 68.3 Å². The van der Waals surface area contributed by atoms with Crippen LogP contribution in [-0.4, -0.2) is 35.5 Å². The monoisotopic (exact) mass is 362 g/mol. The van der Waals surface area contributed by atoms with E-state index in [1.165, 1.54) is 0 Å². The van der Waals surface area contributed by atoms with Crippen LogP contribution in [0.1, 0.15) is 13.8 Å². The molecule has 0 spiro atoms. The SMILES string of the molecule is CC(=O)[CH-]C(=O)C(F)(F)F.CC(=O)[CH-]C(=O)C(F)(F)F.[Fe+2]. The second kappa shape index (κ2) is 9.45. The Balaban J connectivity index is -0.000000295. The normalized spacial score (nSPS) is 10.3. The molecule has 122 valence electrons. The van der Waals surface area contributed by atoms with Crippen molar-refractivity contribution in [2.24, 2.45) is 0 Å². The number of carbonyl (C=O) groups is 4. The van der Waals surface area contributed by atoms with E-state index < -0.39 is 35.5 Å². The van der Waals surface area contributed by atoms with E-state index >= 15 is 0 Å². The van der Waals surface area contributed by atoms with Gasteiger partial charge in [0.1, 0.15) is 11.6 Å². The maximum absolute atomic E-state index is 11.3. The zero-order valence-electron chi connectivity index (χ0n) is 10.4. The van der Waals surface area contributed by atoms with Crippen molar-refractivity contribution < 1.29 is 62.6 Å². The van der Waals surface area contributed by atoms with Crippen LogP contribution < -0.4 is 0 Å². The second-order valence-corrected chi connectivity index (χ2v) is 3.23.